The van der Waals surface area contributed by atoms with E-state index < -0.39 is 17.6 Å². The number of aromatic carboxylic acids is 1. The van der Waals surface area contributed by atoms with Crippen molar-refractivity contribution in [1.82, 2.24) is 4.98 Å². The highest BCUT2D eigenvalue weighted by Gasteiger charge is 2.10. The average Bonchev–Trinajstić information content (AvgIpc) is 1.94. The first-order valence-electron chi connectivity index (χ1n) is 2.76. The van der Waals surface area contributed by atoms with Crippen LogP contribution in [0.4, 0.5) is 10.1 Å². The molecular formula is C6H5FN2O2. The summed E-state index contributed by atoms with van der Waals surface area (Å²) in [5.74, 6) is -2.21. The van der Waals surface area contributed by atoms with Crippen LogP contribution in [-0.2, 0) is 0 Å². The molecule has 1 heterocycles. The molecule has 0 spiro atoms. The molecule has 0 aliphatic heterocycles. The molecule has 3 N–H and O–H groups in total. The van der Waals surface area contributed by atoms with Gasteiger partial charge in [-0.3, -0.25) is 0 Å². The van der Waals surface area contributed by atoms with Gasteiger partial charge in [-0.25, -0.2) is 9.78 Å². The summed E-state index contributed by atoms with van der Waals surface area (Å²) in [4.78, 5) is 13.5. The maximum Gasteiger partial charge on any atom is 0.338 e. The Morgan fingerprint density at radius 3 is 2.82 bits per heavy atom. The van der Waals surface area contributed by atoms with Crippen LogP contribution in [0, 0.1) is 5.95 Å². The van der Waals surface area contributed by atoms with Gasteiger partial charge in [0.1, 0.15) is 5.69 Å². The van der Waals surface area contributed by atoms with Crippen molar-refractivity contribution >= 4 is 11.7 Å². The van der Waals surface area contributed by atoms with Crippen LogP contribution in [0.15, 0.2) is 12.3 Å². The highest BCUT2D eigenvalue weighted by atomic mass is 19.1. The lowest BCUT2D eigenvalue weighted by Crippen LogP contribution is -2.05. The number of aromatic nitrogens is 1. The second-order valence-electron chi connectivity index (χ2n) is 1.87. The first kappa shape index (κ1) is 7.46. The Kier molecular flexibility index (Phi) is 1.72. The molecule has 1 rings (SSSR count). The van der Waals surface area contributed by atoms with E-state index in [4.69, 9.17) is 10.8 Å². The van der Waals surface area contributed by atoms with E-state index in [0.29, 0.717) is 0 Å². The molecule has 0 aliphatic carbocycles. The van der Waals surface area contributed by atoms with Crippen molar-refractivity contribution in [3.05, 3.63) is 23.8 Å². The summed E-state index contributed by atoms with van der Waals surface area (Å²) in [5.41, 5.74) is 4.37. The molecule has 0 atom stereocenters. The molecule has 5 heteroatoms. The number of carboxylic acid groups (broad SMARTS) is 1. The summed E-state index contributed by atoms with van der Waals surface area (Å²) in [5, 5.41) is 8.42. The van der Waals surface area contributed by atoms with E-state index in [1.54, 1.807) is 0 Å². The number of halogens is 1. The lowest BCUT2D eigenvalue weighted by atomic mass is 10.2. The summed E-state index contributed by atoms with van der Waals surface area (Å²) >= 11 is 0. The van der Waals surface area contributed by atoms with Crippen molar-refractivity contribution in [2.24, 2.45) is 0 Å². The first-order chi connectivity index (χ1) is 5.13. The second-order valence-corrected chi connectivity index (χ2v) is 1.87. The number of carbonyl (C=O) groups is 1. The van der Waals surface area contributed by atoms with E-state index in [9.17, 15) is 9.18 Å². The number of hydrogen-bond acceptors (Lipinski definition) is 3. The number of rotatable bonds is 1. The normalized spacial score (nSPS) is 9.55. The Morgan fingerprint density at radius 2 is 2.36 bits per heavy atom. The van der Waals surface area contributed by atoms with Gasteiger partial charge in [0.2, 0.25) is 5.95 Å². The predicted octanol–water partition coefficient (Wildman–Crippen LogP) is 0.501. The molecule has 0 amide bonds. The van der Waals surface area contributed by atoms with Crippen LogP contribution in [0.2, 0.25) is 0 Å². The number of nitrogens with two attached hydrogens (primary N) is 1. The van der Waals surface area contributed by atoms with Gasteiger partial charge >= 0.3 is 5.97 Å². The number of carboxylic acids is 1. The van der Waals surface area contributed by atoms with E-state index in [-0.39, 0.29) is 5.56 Å². The number of pyridine rings is 1. The van der Waals surface area contributed by atoms with E-state index in [1.807, 2.05) is 0 Å². The van der Waals surface area contributed by atoms with E-state index >= 15 is 0 Å². The van der Waals surface area contributed by atoms with Crippen molar-refractivity contribution in [2.75, 3.05) is 5.73 Å². The topological polar surface area (TPSA) is 76.2 Å². The van der Waals surface area contributed by atoms with E-state index in [0.717, 1.165) is 12.3 Å². The minimum Gasteiger partial charge on any atom is -0.478 e. The lowest BCUT2D eigenvalue weighted by Gasteiger charge is -1.98. The summed E-state index contributed by atoms with van der Waals surface area (Å²) < 4.78 is 12.4. The highest BCUT2D eigenvalue weighted by molar-refractivity contribution is 5.93. The van der Waals surface area contributed by atoms with E-state index in [2.05, 4.69) is 4.98 Å². The Morgan fingerprint density at radius 1 is 1.73 bits per heavy atom. The van der Waals surface area contributed by atoms with Crippen LogP contribution >= 0.6 is 0 Å². The van der Waals surface area contributed by atoms with Gasteiger partial charge in [-0.2, -0.15) is 4.39 Å². The number of nitrogen functional groups attached to an aromatic ring is 1. The van der Waals surface area contributed by atoms with Gasteiger partial charge in [-0.1, -0.05) is 0 Å². The molecule has 11 heavy (non-hydrogen) atoms. The molecule has 0 saturated heterocycles. The molecule has 0 aromatic carbocycles. The Hall–Kier alpha value is -1.65. The zero-order valence-corrected chi connectivity index (χ0v) is 5.41. The molecule has 1 aromatic heterocycles. The van der Waals surface area contributed by atoms with Crippen LogP contribution in [-0.4, -0.2) is 16.1 Å². The fourth-order valence-electron chi connectivity index (χ4n) is 0.634. The minimum atomic E-state index is -1.26. The van der Waals surface area contributed by atoms with Crippen LogP contribution in [0.1, 0.15) is 10.4 Å². The average molecular weight is 156 g/mol. The molecule has 1 aromatic rings. The molecule has 0 radical (unpaired) electrons. The maximum absolute atomic E-state index is 12.4. The van der Waals surface area contributed by atoms with Crippen LogP contribution in [0.3, 0.4) is 0 Å². The summed E-state index contributed by atoms with van der Waals surface area (Å²) in [6.07, 6.45) is 1.05. The third-order valence-electron chi connectivity index (χ3n) is 1.17. The van der Waals surface area contributed by atoms with Crippen LogP contribution in [0.25, 0.3) is 0 Å². The molecule has 0 bridgehead atoms. The molecule has 0 aliphatic rings. The highest BCUT2D eigenvalue weighted by Crippen LogP contribution is 2.12. The molecule has 4 nitrogen and oxygen atoms in total. The number of hydrogen-bond donors (Lipinski definition) is 2. The third-order valence-corrected chi connectivity index (χ3v) is 1.17. The molecule has 0 fully saturated rings. The van der Waals surface area contributed by atoms with Crippen LogP contribution in [0.5, 0.6) is 0 Å². The Balaban J connectivity index is 3.27. The van der Waals surface area contributed by atoms with E-state index in [1.165, 1.54) is 0 Å². The predicted molar refractivity (Wildman–Crippen MR) is 35.6 cm³/mol. The van der Waals surface area contributed by atoms with Gasteiger partial charge in [-0.15, -0.1) is 0 Å². The van der Waals surface area contributed by atoms with Gasteiger partial charge < -0.3 is 10.8 Å². The van der Waals surface area contributed by atoms with Crippen molar-refractivity contribution in [1.29, 1.82) is 0 Å². The monoisotopic (exact) mass is 156 g/mol. The maximum atomic E-state index is 12.4. The number of nitrogens with zero attached hydrogens (tertiary/aromatic N) is 1. The van der Waals surface area contributed by atoms with Gasteiger partial charge in [-0.05, 0) is 6.07 Å². The smallest absolute Gasteiger partial charge is 0.338 e. The third kappa shape index (κ3) is 1.26. The van der Waals surface area contributed by atoms with Gasteiger partial charge in [0.15, 0.2) is 0 Å². The fourth-order valence-corrected chi connectivity index (χ4v) is 0.634. The molecular weight excluding hydrogens is 151 g/mol. The fraction of sp³-hybridized carbons (Fsp3) is 0. The summed E-state index contributed by atoms with van der Waals surface area (Å²) in [7, 11) is 0. The first-order valence-corrected chi connectivity index (χ1v) is 2.76. The SMILES string of the molecule is Nc1c(C(=O)O)ccnc1F. The lowest BCUT2D eigenvalue weighted by molar-refractivity contribution is 0.0697. The molecule has 0 unspecified atom stereocenters. The Labute approximate surface area is 61.5 Å². The standard InChI is InChI=1S/C6H5FN2O2/c7-5-4(8)3(6(10)11)1-2-9-5/h1-2H,8H2,(H,10,11). The van der Waals surface area contributed by atoms with Crippen LogP contribution < -0.4 is 5.73 Å². The largest absolute Gasteiger partial charge is 0.478 e. The number of anilines is 1. The quantitative estimate of drug-likeness (QED) is 0.580. The zero-order valence-electron chi connectivity index (χ0n) is 5.41. The van der Waals surface area contributed by atoms with Crippen molar-refractivity contribution in [3.8, 4) is 0 Å². The van der Waals surface area contributed by atoms with Crippen molar-refractivity contribution in [2.45, 2.75) is 0 Å². The Bertz CT molecular complexity index is 301. The van der Waals surface area contributed by atoms with Crippen molar-refractivity contribution < 1.29 is 14.3 Å². The van der Waals surface area contributed by atoms with Crippen molar-refractivity contribution in [3.63, 3.8) is 0 Å². The van der Waals surface area contributed by atoms with Gasteiger partial charge in [0.05, 0.1) is 5.56 Å². The van der Waals surface area contributed by atoms with Gasteiger partial charge in [0.25, 0.3) is 0 Å². The second kappa shape index (κ2) is 2.53. The minimum absolute atomic E-state index is 0.266. The molecule has 58 valence electrons. The van der Waals surface area contributed by atoms with Gasteiger partial charge in [0, 0.05) is 6.20 Å². The summed E-state index contributed by atoms with van der Waals surface area (Å²) in [6, 6.07) is 1.14. The molecule has 0 saturated carbocycles. The summed E-state index contributed by atoms with van der Waals surface area (Å²) in [6.45, 7) is 0. The zero-order chi connectivity index (χ0) is 8.43.